The molecule has 110 valence electrons. The van der Waals surface area contributed by atoms with Crippen LogP contribution in [-0.4, -0.2) is 35.5 Å². The van der Waals surface area contributed by atoms with E-state index in [2.05, 4.69) is 15.3 Å². The van der Waals surface area contributed by atoms with Gasteiger partial charge in [0.2, 0.25) is 11.8 Å². The van der Waals surface area contributed by atoms with Crippen molar-refractivity contribution < 1.29 is 4.92 Å². The Balaban J connectivity index is 2.31. The van der Waals surface area contributed by atoms with Gasteiger partial charge >= 0.3 is 5.69 Å². The molecule has 1 heterocycles. The molecular formula is C13H21N5O2. The highest BCUT2D eigenvalue weighted by atomic mass is 16.6. The average Bonchev–Trinajstić information content (AvgIpc) is 2.89. The quantitative estimate of drug-likeness (QED) is 0.658. The standard InChI is InChI=1S/C13H21N5O2/c1-9-11(18(19)20)12(16-13(14-2)15-9)17(3)8-10-6-4-5-7-10/h10H,4-8H2,1-3H3,(H,14,15,16). The Kier molecular flexibility index (Phi) is 4.36. The maximum atomic E-state index is 11.3. The molecule has 0 aromatic carbocycles. The topological polar surface area (TPSA) is 84.2 Å². The first kappa shape index (κ1) is 14.5. The normalized spacial score (nSPS) is 15.3. The molecule has 7 heteroatoms. The molecule has 1 aliphatic rings. The van der Waals surface area contributed by atoms with Crippen LogP contribution < -0.4 is 10.2 Å². The van der Waals surface area contributed by atoms with Crippen LogP contribution in [0.5, 0.6) is 0 Å². The van der Waals surface area contributed by atoms with Gasteiger partial charge < -0.3 is 10.2 Å². The van der Waals surface area contributed by atoms with Gasteiger partial charge in [0.15, 0.2) is 0 Å². The van der Waals surface area contributed by atoms with Gasteiger partial charge in [-0.3, -0.25) is 10.1 Å². The van der Waals surface area contributed by atoms with Crippen LogP contribution >= 0.6 is 0 Å². The van der Waals surface area contributed by atoms with E-state index in [9.17, 15) is 10.1 Å². The summed E-state index contributed by atoms with van der Waals surface area (Å²) in [5, 5.41) is 14.1. The van der Waals surface area contributed by atoms with E-state index in [0.717, 1.165) is 6.54 Å². The molecular weight excluding hydrogens is 258 g/mol. The Hall–Kier alpha value is -1.92. The van der Waals surface area contributed by atoms with E-state index < -0.39 is 4.92 Å². The number of hydrogen-bond donors (Lipinski definition) is 1. The maximum absolute atomic E-state index is 11.3. The molecule has 0 amide bonds. The third kappa shape index (κ3) is 2.97. The van der Waals surface area contributed by atoms with Gasteiger partial charge in [0.05, 0.1) is 4.92 Å². The van der Waals surface area contributed by atoms with Crippen LogP contribution in [0.15, 0.2) is 0 Å². The number of rotatable bonds is 5. The minimum Gasteiger partial charge on any atom is -0.357 e. The number of nitrogens with zero attached hydrogens (tertiary/aromatic N) is 4. The van der Waals surface area contributed by atoms with Gasteiger partial charge in [0, 0.05) is 20.6 Å². The van der Waals surface area contributed by atoms with E-state index in [-0.39, 0.29) is 5.69 Å². The second kappa shape index (κ2) is 6.02. The molecule has 1 aromatic rings. The molecule has 0 saturated heterocycles. The summed E-state index contributed by atoms with van der Waals surface area (Å²) < 4.78 is 0. The Morgan fingerprint density at radius 3 is 2.60 bits per heavy atom. The summed E-state index contributed by atoms with van der Waals surface area (Å²) in [6, 6.07) is 0. The van der Waals surface area contributed by atoms with Crippen molar-refractivity contribution in [1.29, 1.82) is 0 Å². The van der Waals surface area contributed by atoms with E-state index in [0.29, 0.717) is 23.4 Å². The first-order valence-electron chi connectivity index (χ1n) is 6.94. The van der Waals surface area contributed by atoms with E-state index >= 15 is 0 Å². The fourth-order valence-electron chi connectivity index (χ4n) is 2.81. The molecule has 0 unspecified atom stereocenters. The van der Waals surface area contributed by atoms with Gasteiger partial charge in [-0.1, -0.05) is 12.8 Å². The molecule has 0 atom stereocenters. The molecule has 2 rings (SSSR count). The minimum absolute atomic E-state index is 0.00416. The predicted octanol–water partition coefficient (Wildman–Crippen LogP) is 2.36. The molecule has 0 radical (unpaired) electrons. The molecule has 1 N–H and O–H groups in total. The molecule has 0 bridgehead atoms. The molecule has 1 fully saturated rings. The van der Waals surface area contributed by atoms with Crippen LogP contribution in [0.1, 0.15) is 31.4 Å². The number of hydrogen-bond acceptors (Lipinski definition) is 6. The SMILES string of the molecule is CNc1nc(C)c([N+](=O)[O-])c(N(C)CC2CCCC2)n1. The highest BCUT2D eigenvalue weighted by Gasteiger charge is 2.26. The highest BCUT2D eigenvalue weighted by molar-refractivity contribution is 5.62. The Labute approximate surface area is 118 Å². The molecule has 1 aromatic heterocycles. The van der Waals surface area contributed by atoms with Crippen LogP contribution in [0, 0.1) is 23.0 Å². The first-order valence-corrected chi connectivity index (χ1v) is 6.94. The minimum atomic E-state index is -0.394. The van der Waals surface area contributed by atoms with Crippen molar-refractivity contribution in [1.82, 2.24) is 9.97 Å². The van der Waals surface area contributed by atoms with Gasteiger partial charge in [-0.25, -0.2) is 4.98 Å². The Bertz CT molecular complexity index is 500. The molecule has 20 heavy (non-hydrogen) atoms. The molecule has 0 aliphatic heterocycles. The maximum Gasteiger partial charge on any atom is 0.332 e. The summed E-state index contributed by atoms with van der Waals surface area (Å²) in [5.41, 5.74) is 0.395. The third-order valence-corrected chi connectivity index (χ3v) is 3.81. The molecule has 1 saturated carbocycles. The Morgan fingerprint density at radius 1 is 1.40 bits per heavy atom. The Morgan fingerprint density at radius 2 is 2.05 bits per heavy atom. The van der Waals surface area contributed by atoms with Crippen LogP contribution in [0.4, 0.5) is 17.5 Å². The summed E-state index contributed by atoms with van der Waals surface area (Å²) in [7, 11) is 3.58. The predicted molar refractivity (Wildman–Crippen MR) is 78.2 cm³/mol. The highest BCUT2D eigenvalue weighted by Crippen LogP contribution is 2.32. The van der Waals surface area contributed by atoms with Gasteiger partial charge in [-0.2, -0.15) is 4.98 Å². The van der Waals surface area contributed by atoms with Gasteiger partial charge in [-0.05, 0) is 25.7 Å². The summed E-state index contributed by atoms with van der Waals surface area (Å²) in [5.74, 6) is 1.42. The van der Waals surface area contributed by atoms with Crippen molar-refractivity contribution in [3.63, 3.8) is 0 Å². The lowest BCUT2D eigenvalue weighted by Gasteiger charge is -2.22. The van der Waals surface area contributed by atoms with Crippen molar-refractivity contribution >= 4 is 17.5 Å². The van der Waals surface area contributed by atoms with Gasteiger partial charge in [-0.15, -0.1) is 0 Å². The summed E-state index contributed by atoms with van der Waals surface area (Å²) in [6.07, 6.45) is 4.90. The summed E-state index contributed by atoms with van der Waals surface area (Å²) in [6.45, 7) is 2.45. The van der Waals surface area contributed by atoms with Crippen molar-refractivity contribution in [2.45, 2.75) is 32.6 Å². The van der Waals surface area contributed by atoms with Crippen molar-refractivity contribution in [3.8, 4) is 0 Å². The van der Waals surface area contributed by atoms with Crippen LogP contribution in [0.3, 0.4) is 0 Å². The fraction of sp³-hybridized carbons (Fsp3) is 0.692. The zero-order valence-electron chi connectivity index (χ0n) is 12.2. The monoisotopic (exact) mass is 279 g/mol. The lowest BCUT2D eigenvalue weighted by atomic mass is 10.1. The zero-order chi connectivity index (χ0) is 14.7. The van der Waals surface area contributed by atoms with Gasteiger partial charge in [0.1, 0.15) is 5.69 Å². The van der Waals surface area contributed by atoms with Gasteiger partial charge in [0.25, 0.3) is 0 Å². The lowest BCUT2D eigenvalue weighted by Crippen LogP contribution is -2.26. The lowest BCUT2D eigenvalue weighted by molar-refractivity contribution is -0.385. The van der Waals surface area contributed by atoms with Crippen molar-refractivity contribution in [2.24, 2.45) is 5.92 Å². The summed E-state index contributed by atoms with van der Waals surface area (Å²) in [4.78, 5) is 21.1. The largest absolute Gasteiger partial charge is 0.357 e. The van der Waals surface area contributed by atoms with E-state index in [1.807, 2.05) is 11.9 Å². The zero-order valence-corrected chi connectivity index (χ0v) is 12.2. The second-order valence-electron chi connectivity index (χ2n) is 5.34. The van der Waals surface area contributed by atoms with E-state index in [4.69, 9.17) is 0 Å². The number of aryl methyl sites for hydroxylation is 1. The van der Waals surface area contributed by atoms with Crippen LogP contribution in [-0.2, 0) is 0 Å². The van der Waals surface area contributed by atoms with Crippen molar-refractivity contribution in [2.75, 3.05) is 30.9 Å². The average molecular weight is 279 g/mol. The smallest absolute Gasteiger partial charge is 0.332 e. The number of nitrogens with one attached hydrogen (secondary N) is 1. The van der Waals surface area contributed by atoms with E-state index in [1.54, 1.807) is 14.0 Å². The third-order valence-electron chi connectivity index (χ3n) is 3.81. The fourth-order valence-corrected chi connectivity index (χ4v) is 2.81. The second-order valence-corrected chi connectivity index (χ2v) is 5.34. The number of aromatic nitrogens is 2. The van der Waals surface area contributed by atoms with Crippen LogP contribution in [0.25, 0.3) is 0 Å². The van der Waals surface area contributed by atoms with Crippen molar-refractivity contribution in [3.05, 3.63) is 15.8 Å². The summed E-state index contributed by atoms with van der Waals surface area (Å²) >= 11 is 0. The molecule has 7 nitrogen and oxygen atoms in total. The first-order chi connectivity index (χ1) is 9.52. The molecule has 1 aliphatic carbocycles. The molecule has 0 spiro atoms. The van der Waals surface area contributed by atoms with E-state index in [1.165, 1.54) is 25.7 Å². The van der Waals surface area contributed by atoms with Crippen LogP contribution in [0.2, 0.25) is 0 Å². The number of anilines is 2. The number of nitro groups is 1.